The number of benzene rings is 1. The number of para-hydroxylation sites is 1. The SMILES string of the molecule is CC[C@H]1c2ccsc2CCN1Cc1nc(-c2ccccc2OC)no1. The molecule has 0 saturated heterocycles. The van der Waals surface area contributed by atoms with Crippen molar-refractivity contribution in [1.29, 1.82) is 0 Å². The molecule has 0 fully saturated rings. The molecule has 3 heterocycles. The van der Waals surface area contributed by atoms with Crippen LogP contribution in [0.1, 0.15) is 35.7 Å². The van der Waals surface area contributed by atoms with Crippen LogP contribution in [-0.2, 0) is 13.0 Å². The molecule has 1 aliphatic rings. The minimum absolute atomic E-state index is 0.427. The smallest absolute Gasteiger partial charge is 0.241 e. The molecule has 25 heavy (non-hydrogen) atoms. The van der Waals surface area contributed by atoms with E-state index in [0.29, 0.717) is 24.3 Å². The van der Waals surface area contributed by atoms with Crippen LogP contribution in [0.5, 0.6) is 5.75 Å². The predicted octanol–water partition coefficient (Wildman–Crippen LogP) is 4.32. The zero-order valence-electron chi connectivity index (χ0n) is 14.4. The van der Waals surface area contributed by atoms with Crippen LogP contribution in [0.2, 0.25) is 0 Å². The van der Waals surface area contributed by atoms with Crippen molar-refractivity contribution in [3.05, 3.63) is 52.0 Å². The van der Waals surface area contributed by atoms with E-state index in [2.05, 4.69) is 33.4 Å². The predicted molar refractivity (Wildman–Crippen MR) is 97.8 cm³/mol. The Kier molecular flexibility index (Phi) is 4.55. The molecule has 0 N–H and O–H groups in total. The maximum Gasteiger partial charge on any atom is 0.241 e. The fourth-order valence-corrected chi connectivity index (χ4v) is 4.48. The highest BCUT2D eigenvalue weighted by Crippen LogP contribution is 2.36. The number of rotatable bonds is 5. The fraction of sp³-hybridized carbons (Fsp3) is 0.368. The molecular formula is C19H21N3O2S. The third kappa shape index (κ3) is 3.07. The first-order valence-electron chi connectivity index (χ1n) is 8.56. The van der Waals surface area contributed by atoms with E-state index < -0.39 is 0 Å². The van der Waals surface area contributed by atoms with E-state index >= 15 is 0 Å². The second-order valence-corrected chi connectivity index (χ2v) is 7.16. The van der Waals surface area contributed by atoms with Gasteiger partial charge >= 0.3 is 0 Å². The van der Waals surface area contributed by atoms with Gasteiger partial charge in [-0.1, -0.05) is 24.2 Å². The van der Waals surface area contributed by atoms with Gasteiger partial charge in [-0.3, -0.25) is 4.90 Å². The van der Waals surface area contributed by atoms with Gasteiger partial charge in [-0.2, -0.15) is 4.98 Å². The van der Waals surface area contributed by atoms with Crippen LogP contribution in [0.3, 0.4) is 0 Å². The molecule has 0 aliphatic carbocycles. The molecule has 5 nitrogen and oxygen atoms in total. The lowest BCUT2D eigenvalue weighted by molar-refractivity contribution is 0.151. The first kappa shape index (κ1) is 16.3. The average molecular weight is 355 g/mol. The minimum atomic E-state index is 0.427. The third-order valence-electron chi connectivity index (χ3n) is 4.75. The fourth-order valence-electron chi connectivity index (χ4n) is 3.55. The van der Waals surface area contributed by atoms with Gasteiger partial charge in [-0.05, 0) is 42.0 Å². The Morgan fingerprint density at radius 3 is 3.04 bits per heavy atom. The monoisotopic (exact) mass is 355 g/mol. The Hall–Kier alpha value is -2.18. The molecule has 130 valence electrons. The summed E-state index contributed by atoms with van der Waals surface area (Å²) in [6.45, 7) is 3.94. The summed E-state index contributed by atoms with van der Waals surface area (Å²) in [4.78, 5) is 8.55. The summed E-state index contributed by atoms with van der Waals surface area (Å²) in [5.41, 5.74) is 2.31. The largest absolute Gasteiger partial charge is 0.496 e. The van der Waals surface area contributed by atoms with Gasteiger partial charge < -0.3 is 9.26 Å². The van der Waals surface area contributed by atoms with Crippen LogP contribution in [0.15, 0.2) is 40.2 Å². The van der Waals surface area contributed by atoms with E-state index in [9.17, 15) is 0 Å². The van der Waals surface area contributed by atoms with E-state index in [1.807, 2.05) is 35.6 Å². The van der Waals surface area contributed by atoms with Gasteiger partial charge in [-0.15, -0.1) is 11.3 Å². The van der Waals surface area contributed by atoms with Crippen LogP contribution < -0.4 is 4.74 Å². The Labute approximate surface area is 151 Å². The highest BCUT2D eigenvalue weighted by Gasteiger charge is 2.28. The third-order valence-corrected chi connectivity index (χ3v) is 5.74. The molecule has 1 atom stereocenters. The number of hydrogen-bond donors (Lipinski definition) is 0. The van der Waals surface area contributed by atoms with Crippen molar-refractivity contribution in [1.82, 2.24) is 15.0 Å². The Morgan fingerprint density at radius 2 is 2.20 bits per heavy atom. The summed E-state index contributed by atoms with van der Waals surface area (Å²) < 4.78 is 10.9. The standard InChI is InChI=1S/C19H21N3O2S/c1-3-15-13-9-11-25-17(13)8-10-22(15)12-18-20-19(21-24-18)14-6-4-5-7-16(14)23-2/h4-7,9,11,15H,3,8,10,12H2,1-2H3/t15-/m0/s1. The van der Waals surface area contributed by atoms with Gasteiger partial charge in [0.05, 0.1) is 19.2 Å². The summed E-state index contributed by atoms with van der Waals surface area (Å²) in [7, 11) is 1.65. The number of hydrogen-bond acceptors (Lipinski definition) is 6. The van der Waals surface area contributed by atoms with Gasteiger partial charge in [0.15, 0.2) is 0 Å². The molecule has 0 bridgehead atoms. The molecule has 0 unspecified atom stereocenters. The van der Waals surface area contributed by atoms with Gasteiger partial charge in [-0.25, -0.2) is 0 Å². The summed E-state index contributed by atoms with van der Waals surface area (Å²) in [6, 6.07) is 10.4. The molecular weight excluding hydrogens is 334 g/mol. The topological polar surface area (TPSA) is 51.4 Å². The highest BCUT2D eigenvalue weighted by atomic mass is 32.1. The molecule has 2 aromatic heterocycles. The molecule has 4 rings (SSSR count). The zero-order chi connectivity index (χ0) is 17.2. The van der Waals surface area contributed by atoms with Crippen LogP contribution in [0.4, 0.5) is 0 Å². The van der Waals surface area contributed by atoms with Crippen molar-refractivity contribution in [2.24, 2.45) is 0 Å². The molecule has 3 aromatic rings. The highest BCUT2D eigenvalue weighted by molar-refractivity contribution is 7.10. The van der Waals surface area contributed by atoms with E-state index in [4.69, 9.17) is 9.26 Å². The summed E-state index contributed by atoms with van der Waals surface area (Å²) in [6.07, 6.45) is 2.17. The quantitative estimate of drug-likeness (QED) is 0.682. The van der Waals surface area contributed by atoms with Crippen LogP contribution in [0, 0.1) is 0 Å². The van der Waals surface area contributed by atoms with Crippen molar-refractivity contribution in [2.45, 2.75) is 32.4 Å². The molecule has 1 aliphatic heterocycles. The summed E-state index contributed by atoms with van der Waals surface area (Å²) in [5, 5.41) is 6.35. The van der Waals surface area contributed by atoms with Crippen molar-refractivity contribution < 1.29 is 9.26 Å². The molecule has 0 amide bonds. The number of nitrogens with zero attached hydrogens (tertiary/aromatic N) is 3. The van der Waals surface area contributed by atoms with Crippen molar-refractivity contribution >= 4 is 11.3 Å². The molecule has 0 radical (unpaired) electrons. The normalized spacial score (nSPS) is 17.4. The lowest BCUT2D eigenvalue weighted by atomic mass is 9.98. The average Bonchev–Trinajstić information content (AvgIpc) is 3.31. The number of methoxy groups -OCH3 is 1. The van der Waals surface area contributed by atoms with Crippen molar-refractivity contribution in [2.75, 3.05) is 13.7 Å². The summed E-state index contributed by atoms with van der Waals surface area (Å²) >= 11 is 1.87. The maximum atomic E-state index is 5.53. The van der Waals surface area contributed by atoms with E-state index in [1.54, 1.807) is 7.11 Å². The first-order chi connectivity index (χ1) is 12.3. The molecule has 1 aromatic carbocycles. The number of ether oxygens (including phenoxy) is 1. The zero-order valence-corrected chi connectivity index (χ0v) is 15.3. The lowest BCUT2D eigenvalue weighted by Gasteiger charge is -2.34. The van der Waals surface area contributed by atoms with Gasteiger partial charge in [0.25, 0.3) is 0 Å². The van der Waals surface area contributed by atoms with Gasteiger partial charge in [0, 0.05) is 17.5 Å². The van der Waals surface area contributed by atoms with Crippen LogP contribution >= 0.6 is 11.3 Å². The molecule has 0 spiro atoms. The van der Waals surface area contributed by atoms with E-state index in [1.165, 1.54) is 10.4 Å². The van der Waals surface area contributed by atoms with Crippen LogP contribution in [0.25, 0.3) is 11.4 Å². The second kappa shape index (κ2) is 6.98. The minimum Gasteiger partial charge on any atom is -0.496 e. The number of thiophene rings is 1. The second-order valence-electron chi connectivity index (χ2n) is 6.16. The number of aromatic nitrogens is 2. The van der Waals surface area contributed by atoms with Crippen molar-refractivity contribution in [3.8, 4) is 17.1 Å². The first-order valence-corrected chi connectivity index (χ1v) is 9.44. The Bertz CT molecular complexity index is 858. The van der Waals surface area contributed by atoms with Gasteiger partial charge in [0.2, 0.25) is 11.7 Å². The number of fused-ring (bicyclic) bond motifs is 1. The van der Waals surface area contributed by atoms with Crippen molar-refractivity contribution in [3.63, 3.8) is 0 Å². The molecule has 6 heteroatoms. The van der Waals surface area contributed by atoms with Gasteiger partial charge in [0.1, 0.15) is 5.75 Å². The Balaban J connectivity index is 1.55. The molecule has 0 saturated carbocycles. The van der Waals surface area contributed by atoms with E-state index in [0.717, 1.165) is 30.7 Å². The maximum absolute atomic E-state index is 5.53. The van der Waals surface area contributed by atoms with E-state index in [-0.39, 0.29) is 0 Å². The Morgan fingerprint density at radius 1 is 1.32 bits per heavy atom. The summed E-state index contributed by atoms with van der Waals surface area (Å²) in [5.74, 6) is 1.98. The lowest BCUT2D eigenvalue weighted by Crippen LogP contribution is -2.34. The van der Waals surface area contributed by atoms with Crippen LogP contribution in [-0.4, -0.2) is 28.7 Å².